The van der Waals surface area contributed by atoms with Gasteiger partial charge in [0.05, 0.1) is 7.11 Å². The lowest BCUT2D eigenvalue weighted by molar-refractivity contribution is -0.134. The van der Waals surface area contributed by atoms with Crippen LogP contribution in [0, 0.1) is 0 Å². The van der Waals surface area contributed by atoms with Gasteiger partial charge in [0.2, 0.25) is 11.8 Å². The minimum absolute atomic E-state index is 0.0162. The topological polar surface area (TPSA) is 61.9 Å². The van der Waals surface area contributed by atoms with E-state index in [0.717, 1.165) is 51.1 Å². The quantitative estimate of drug-likeness (QED) is 0.855. The highest BCUT2D eigenvalue weighted by molar-refractivity contribution is 5.76. The molecule has 0 radical (unpaired) electrons. The molecule has 2 saturated heterocycles. The molecule has 1 aromatic carbocycles. The number of hydrogen-bond acceptors (Lipinski definition) is 4. The predicted molar refractivity (Wildman–Crippen MR) is 105 cm³/mol. The average molecular weight is 373 g/mol. The number of carbonyl (C=O) groups excluding carboxylic acids is 2. The molecule has 1 N–H and O–H groups in total. The molecule has 27 heavy (non-hydrogen) atoms. The minimum Gasteiger partial charge on any atom is -0.497 e. The third-order valence-electron chi connectivity index (χ3n) is 6.05. The summed E-state index contributed by atoms with van der Waals surface area (Å²) in [4.78, 5) is 28.1. The predicted octanol–water partition coefficient (Wildman–Crippen LogP) is 1.83. The molecule has 6 nitrogen and oxygen atoms in total. The molecular formula is C21H31N3O3. The molecule has 1 aromatic rings. The highest BCUT2D eigenvalue weighted by atomic mass is 16.5. The monoisotopic (exact) mass is 373 g/mol. The van der Waals surface area contributed by atoms with Crippen molar-refractivity contribution in [3.63, 3.8) is 0 Å². The summed E-state index contributed by atoms with van der Waals surface area (Å²) in [5.41, 5.74) is 1.23. The van der Waals surface area contributed by atoms with Gasteiger partial charge in [-0.1, -0.05) is 12.1 Å². The molecule has 0 saturated carbocycles. The van der Waals surface area contributed by atoms with Crippen LogP contribution in [-0.4, -0.2) is 66.5 Å². The Bertz CT molecular complexity index is 666. The van der Waals surface area contributed by atoms with Crippen molar-refractivity contribution in [2.24, 2.45) is 0 Å². The molecule has 2 heterocycles. The number of nitrogens with one attached hydrogen (secondary N) is 1. The highest BCUT2D eigenvalue weighted by Crippen LogP contribution is 2.38. The Morgan fingerprint density at radius 2 is 1.85 bits per heavy atom. The van der Waals surface area contributed by atoms with E-state index in [1.807, 2.05) is 17.0 Å². The van der Waals surface area contributed by atoms with Crippen LogP contribution in [0.5, 0.6) is 5.75 Å². The molecule has 148 valence electrons. The fourth-order valence-electron chi connectivity index (χ4n) is 4.64. The third kappa shape index (κ3) is 4.61. The number of rotatable bonds is 5. The van der Waals surface area contributed by atoms with Crippen molar-refractivity contribution in [3.05, 3.63) is 29.8 Å². The van der Waals surface area contributed by atoms with Crippen LogP contribution in [0.2, 0.25) is 0 Å². The number of hydrogen-bond donors (Lipinski definition) is 1. The lowest BCUT2D eigenvalue weighted by Gasteiger charge is -2.44. The summed E-state index contributed by atoms with van der Waals surface area (Å²) in [6.45, 7) is 6.84. The molecule has 1 spiro atoms. The second kappa shape index (κ2) is 8.30. The fourth-order valence-corrected chi connectivity index (χ4v) is 4.64. The van der Waals surface area contributed by atoms with Crippen molar-refractivity contribution in [2.45, 2.75) is 51.1 Å². The zero-order chi connectivity index (χ0) is 19.4. The smallest absolute Gasteiger partial charge is 0.219 e. The summed E-state index contributed by atoms with van der Waals surface area (Å²) in [7, 11) is 1.68. The van der Waals surface area contributed by atoms with Gasteiger partial charge in [-0.2, -0.15) is 0 Å². The Balaban J connectivity index is 1.54. The van der Waals surface area contributed by atoms with E-state index < -0.39 is 0 Å². The zero-order valence-electron chi connectivity index (χ0n) is 16.7. The zero-order valence-corrected chi connectivity index (χ0v) is 16.7. The molecule has 0 aliphatic carbocycles. The molecular weight excluding hydrogens is 342 g/mol. The molecule has 3 rings (SSSR count). The Morgan fingerprint density at radius 3 is 2.41 bits per heavy atom. The summed E-state index contributed by atoms with van der Waals surface area (Å²) in [6.07, 6.45) is 3.84. The first-order valence-corrected chi connectivity index (χ1v) is 9.82. The van der Waals surface area contributed by atoms with Gasteiger partial charge in [-0.25, -0.2) is 0 Å². The molecule has 1 atom stereocenters. The van der Waals surface area contributed by atoms with E-state index in [2.05, 4.69) is 22.3 Å². The van der Waals surface area contributed by atoms with Gasteiger partial charge in [0.15, 0.2) is 0 Å². The summed E-state index contributed by atoms with van der Waals surface area (Å²) in [5, 5.41) is 3.01. The summed E-state index contributed by atoms with van der Waals surface area (Å²) in [6, 6.07) is 8.34. The Hall–Kier alpha value is -2.08. The number of carbonyl (C=O) groups is 2. The van der Waals surface area contributed by atoms with Gasteiger partial charge in [-0.15, -0.1) is 0 Å². The molecule has 6 heteroatoms. The maximum absolute atomic E-state index is 12.2. The number of piperidine rings is 1. The van der Waals surface area contributed by atoms with Crippen LogP contribution in [-0.2, 0) is 16.0 Å². The first-order chi connectivity index (χ1) is 12.9. The SMILES string of the molecule is COc1ccc(CCN2CCC3(CC2)C[C@H](NC(C)=O)CN3C(C)=O)cc1. The van der Waals surface area contributed by atoms with E-state index in [9.17, 15) is 9.59 Å². The van der Waals surface area contributed by atoms with Crippen LogP contribution in [0.25, 0.3) is 0 Å². The molecule has 2 amide bonds. The van der Waals surface area contributed by atoms with E-state index in [-0.39, 0.29) is 23.4 Å². The summed E-state index contributed by atoms with van der Waals surface area (Å²) >= 11 is 0. The van der Waals surface area contributed by atoms with E-state index >= 15 is 0 Å². The van der Waals surface area contributed by atoms with Gasteiger partial charge in [0.25, 0.3) is 0 Å². The third-order valence-corrected chi connectivity index (χ3v) is 6.05. The van der Waals surface area contributed by atoms with Crippen LogP contribution < -0.4 is 10.1 Å². The lowest BCUT2D eigenvalue weighted by atomic mass is 9.84. The number of methoxy groups -OCH3 is 1. The van der Waals surface area contributed by atoms with Gasteiger partial charge >= 0.3 is 0 Å². The van der Waals surface area contributed by atoms with Gasteiger partial charge in [-0.3, -0.25) is 9.59 Å². The van der Waals surface area contributed by atoms with Gasteiger partial charge < -0.3 is 19.9 Å². The Labute approximate surface area is 161 Å². The van der Waals surface area contributed by atoms with Crippen molar-refractivity contribution < 1.29 is 14.3 Å². The molecule has 0 unspecified atom stereocenters. The number of ether oxygens (including phenoxy) is 1. The van der Waals surface area contributed by atoms with Crippen molar-refractivity contribution in [2.75, 3.05) is 33.3 Å². The van der Waals surface area contributed by atoms with Crippen molar-refractivity contribution >= 4 is 11.8 Å². The van der Waals surface area contributed by atoms with Crippen molar-refractivity contribution in [3.8, 4) is 5.75 Å². The van der Waals surface area contributed by atoms with Crippen LogP contribution in [0.3, 0.4) is 0 Å². The normalized spacial score (nSPS) is 22.0. The number of nitrogens with zero attached hydrogens (tertiary/aromatic N) is 2. The number of amides is 2. The largest absolute Gasteiger partial charge is 0.497 e. The standard InChI is InChI=1S/C21H31N3O3/c1-16(25)22-19-14-21(24(15-19)17(2)26)9-12-23(13-10-21)11-8-18-4-6-20(27-3)7-5-18/h4-7,19H,8-15H2,1-3H3,(H,22,25)/t19-/m0/s1. The second-order valence-corrected chi connectivity index (χ2v) is 7.90. The molecule has 0 aromatic heterocycles. The maximum Gasteiger partial charge on any atom is 0.219 e. The van der Waals surface area contributed by atoms with E-state index in [1.54, 1.807) is 21.0 Å². The molecule has 2 fully saturated rings. The van der Waals surface area contributed by atoms with E-state index in [1.165, 1.54) is 5.56 Å². The molecule has 2 aliphatic heterocycles. The van der Waals surface area contributed by atoms with E-state index in [0.29, 0.717) is 6.54 Å². The van der Waals surface area contributed by atoms with Crippen molar-refractivity contribution in [1.29, 1.82) is 0 Å². The highest BCUT2D eigenvalue weighted by Gasteiger charge is 2.48. The van der Waals surface area contributed by atoms with Gasteiger partial charge in [-0.05, 0) is 43.4 Å². The fraction of sp³-hybridized carbons (Fsp3) is 0.619. The maximum atomic E-state index is 12.2. The van der Waals surface area contributed by atoms with Crippen LogP contribution in [0.1, 0.15) is 38.7 Å². The van der Waals surface area contributed by atoms with Gasteiger partial charge in [0, 0.05) is 51.6 Å². The lowest BCUT2D eigenvalue weighted by Crippen LogP contribution is -2.53. The van der Waals surface area contributed by atoms with Gasteiger partial charge in [0.1, 0.15) is 5.75 Å². The summed E-state index contributed by atoms with van der Waals surface area (Å²) < 4.78 is 5.21. The van der Waals surface area contributed by atoms with Crippen LogP contribution in [0.4, 0.5) is 0 Å². The Kier molecular flexibility index (Phi) is 6.05. The summed E-state index contributed by atoms with van der Waals surface area (Å²) in [5.74, 6) is 0.991. The van der Waals surface area contributed by atoms with Crippen LogP contribution in [0.15, 0.2) is 24.3 Å². The first kappa shape index (κ1) is 19.7. The average Bonchev–Trinajstić information content (AvgIpc) is 2.99. The van der Waals surface area contributed by atoms with E-state index in [4.69, 9.17) is 4.74 Å². The molecule has 0 bridgehead atoms. The first-order valence-electron chi connectivity index (χ1n) is 9.82. The second-order valence-electron chi connectivity index (χ2n) is 7.90. The Morgan fingerprint density at radius 1 is 1.19 bits per heavy atom. The number of benzene rings is 1. The minimum atomic E-state index is -0.0877. The van der Waals surface area contributed by atoms with Crippen LogP contribution >= 0.6 is 0 Å². The van der Waals surface area contributed by atoms with Crippen molar-refractivity contribution in [1.82, 2.24) is 15.1 Å². The number of likely N-dealkylation sites (tertiary alicyclic amines) is 2. The molecule has 2 aliphatic rings.